The molecule has 0 amide bonds. The summed E-state index contributed by atoms with van der Waals surface area (Å²) in [6.07, 6.45) is 0. The Balaban J connectivity index is 1.15. The highest BCUT2D eigenvalue weighted by molar-refractivity contribution is 6.23. The molecule has 0 spiro atoms. The molecule has 0 aliphatic rings. The van der Waals surface area contributed by atoms with E-state index in [9.17, 15) is 0 Å². The van der Waals surface area contributed by atoms with Crippen molar-refractivity contribution in [3.63, 3.8) is 0 Å². The van der Waals surface area contributed by atoms with Crippen molar-refractivity contribution in [2.75, 3.05) is 0 Å². The van der Waals surface area contributed by atoms with E-state index in [4.69, 9.17) is 19.4 Å². The molecule has 4 heteroatoms. The lowest BCUT2D eigenvalue weighted by molar-refractivity contribution is 0.673. The van der Waals surface area contributed by atoms with E-state index in [-0.39, 0.29) is 0 Å². The Bertz CT molecular complexity index is 2900. The molecule has 0 unspecified atom stereocenters. The molecular weight excluding hydrogens is 623 g/mol. The van der Waals surface area contributed by atoms with Crippen molar-refractivity contribution in [2.45, 2.75) is 0 Å². The van der Waals surface area contributed by atoms with E-state index in [2.05, 4.69) is 133 Å². The zero-order chi connectivity index (χ0) is 33.7. The van der Waals surface area contributed by atoms with Gasteiger partial charge in [-0.25, -0.2) is 15.0 Å². The van der Waals surface area contributed by atoms with Gasteiger partial charge in [0.2, 0.25) is 0 Å². The summed E-state index contributed by atoms with van der Waals surface area (Å²) < 4.78 is 6.62. The van der Waals surface area contributed by atoms with Crippen molar-refractivity contribution in [2.24, 2.45) is 0 Å². The maximum atomic E-state index is 6.62. The molecule has 2 aromatic heterocycles. The number of furan rings is 1. The monoisotopic (exact) mass is 651 g/mol. The first kappa shape index (κ1) is 29.0. The van der Waals surface area contributed by atoms with Crippen LogP contribution in [0.3, 0.4) is 0 Å². The van der Waals surface area contributed by atoms with Crippen molar-refractivity contribution < 1.29 is 4.42 Å². The highest BCUT2D eigenvalue weighted by Gasteiger charge is 2.19. The van der Waals surface area contributed by atoms with Gasteiger partial charge in [-0.2, -0.15) is 0 Å². The Hall–Kier alpha value is -6.91. The van der Waals surface area contributed by atoms with Gasteiger partial charge in [-0.1, -0.05) is 158 Å². The molecule has 0 fully saturated rings. The minimum atomic E-state index is 0.627. The highest BCUT2D eigenvalue weighted by atomic mass is 16.3. The summed E-state index contributed by atoms with van der Waals surface area (Å²) in [7, 11) is 0. The van der Waals surface area contributed by atoms with Gasteiger partial charge in [-0.05, 0) is 56.6 Å². The summed E-state index contributed by atoms with van der Waals surface area (Å²) >= 11 is 0. The first-order valence-electron chi connectivity index (χ1n) is 17.1. The second-order valence-electron chi connectivity index (χ2n) is 12.8. The second-order valence-corrected chi connectivity index (χ2v) is 12.8. The Morgan fingerprint density at radius 3 is 1.65 bits per heavy atom. The molecule has 2 heterocycles. The van der Waals surface area contributed by atoms with E-state index in [1.165, 1.54) is 16.5 Å². The predicted molar refractivity (Wildman–Crippen MR) is 209 cm³/mol. The van der Waals surface area contributed by atoms with Crippen LogP contribution in [0.2, 0.25) is 0 Å². The lowest BCUT2D eigenvalue weighted by Gasteiger charge is -2.12. The molecule has 0 bridgehead atoms. The summed E-state index contributed by atoms with van der Waals surface area (Å²) in [5.74, 6) is 1.91. The molecule has 51 heavy (non-hydrogen) atoms. The van der Waals surface area contributed by atoms with Gasteiger partial charge in [0.05, 0.1) is 0 Å². The van der Waals surface area contributed by atoms with Gasteiger partial charge in [0.1, 0.15) is 11.2 Å². The third-order valence-electron chi connectivity index (χ3n) is 9.72. The van der Waals surface area contributed by atoms with Crippen LogP contribution in [-0.4, -0.2) is 15.0 Å². The summed E-state index contributed by atoms with van der Waals surface area (Å²) in [4.78, 5) is 15.0. The Morgan fingerprint density at radius 1 is 0.333 bits per heavy atom. The number of benzene rings is 8. The Labute approximate surface area is 294 Å². The predicted octanol–water partition coefficient (Wildman–Crippen LogP) is 12.4. The molecule has 0 radical (unpaired) electrons. The Morgan fingerprint density at radius 2 is 0.882 bits per heavy atom. The van der Waals surface area contributed by atoms with Crippen LogP contribution in [-0.2, 0) is 0 Å². The van der Waals surface area contributed by atoms with Crippen molar-refractivity contribution in [1.82, 2.24) is 15.0 Å². The fourth-order valence-corrected chi connectivity index (χ4v) is 7.21. The topological polar surface area (TPSA) is 51.8 Å². The number of rotatable bonds is 5. The van der Waals surface area contributed by atoms with Crippen LogP contribution in [0.5, 0.6) is 0 Å². The zero-order valence-corrected chi connectivity index (χ0v) is 27.5. The molecular formula is C47H29N3O. The molecule has 0 saturated heterocycles. The van der Waals surface area contributed by atoms with Gasteiger partial charge in [0.15, 0.2) is 17.5 Å². The van der Waals surface area contributed by atoms with Crippen LogP contribution in [0.4, 0.5) is 0 Å². The summed E-state index contributed by atoms with van der Waals surface area (Å²) in [5, 5.41) is 6.79. The van der Waals surface area contributed by atoms with Crippen LogP contribution in [0, 0.1) is 0 Å². The number of para-hydroxylation sites is 1. The molecule has 0 aliphatic carbocycles. The van der Waals surface area contributed by atoms with Crippen molar-refractivity contribution in [3.8, 4) is 56.4 Å². The lowest BCUT2D eigenvalue weighted by Crippen LogP contribution is -2.00. The van der Waals surface area contributed by atoms with Crippen LogP contribution in [0.1, 0.15) is 0 Å². The number of fused-ring (bicyclic) bond motifs is 6. The van der Waals surface area contributed by atoms with Crippen molar-refractivity contribution in [3.05, 3.63) is 176 Å². The Kier molecular flexibility index (Phi) is 6.78. The second kappa shape index (κ2) is 11.9. The first-order valence-corrected chi connectivity index (χ1v) is 17.1. The first-order chi connectivity index (χ1) is 25.3. The van der Waals surface area contributed by atoms with Gasteiger partial charge in [-0.15, -0.1) is 0 Å². The minimum absolute atomic E-state index is 0.627. The van der Waals surface area contributed by atoms with E-state index in [0.717, 1.165) is 65.9 Å². The maximum Gasteiger partial charge on any atom is 0.164 e. The summed E-state index contributed by atoms with van der Waals surface area (Å²) in [6.45, 7) is 0. The largest absolute Gasteiger partial charge is 0.455 e. The standard InChI is InChI=1S/C47H29N3O/c1-3-13-31(14-4-1)37-19-11-20-38-41(37)29-40(43-39-18-9-10-21-42(39)51-44(38)43)32-23-25-34(26-24-32)46-48-45(33-15-5-2-6-16-33)49-47(50-46)36-27-22-30-12-7-8-17-35(30)28-36/h1-29H. The van der Waals surface area contributed by atoms with E-state index in [1.807, 2.05) is 42.5 Å². The molecule has 10 rings (SSSR count). The number of hydrogen-bond acceptors (Lipinski definition) is 4. The molecule has 0 atom stereocenters. The molecule has 0 N–H and O–H groups in total. The van der Waals surface area contributed by atoms with Gasteiger partial charge >= 0.3 is 0 Å². The summed E-state index contributed by atoms with van der Waals surface area (Å²) in [6, 6.07) is 61.0. The van der Waals surface area contributed by atoms with Crippen molar-refractivity contribution in [1.29, 1.82) is 0 Å². The third-order valence-corrected chi connectivity index (χ3v) is 9.72. The van der Waals surface area contributed by atoms with Crippen LogP contribution < -0.4 is 0 Å². The van der Waals surface area contributed by atoms with E-state index >= 15 is 0 Å². The van der Waals surface area contributed by atoms with Crippen LogP contribution in [0.25, 0.3) is 99.9 Å². The van der Waals surface area contributed by atoms with Crippen molar-refractivity contribution >= 4 is 43.5 Å². The smallest absolute Gasteiger partial charge is 0.164 e. The maximum absolute atomic E-state index is 6.62. The van der Waals surface area contributed by atoms with Gasteiger partial charge in [0, 0.05) is 32.8 Å². The highest BCUT2D eigenvalue weighted by Crippen LogP contribution is 2.43. The molecule has 238 valence electrons. The fraction of sp³-hybridized carbons (Fsp3) is 0. The lowest BCUT2D eigenvalue weighted by atomic mass is 9.91. The quantitative estimate of drug-likeness (QED) is 0.186. The molecule has 8 aromatic carbocycles. The summed E-state index contributed by atoms with van der Waals surface area (Å²) in [5.41, 5.74) is 9.14. The average molecular weight is 652 g/mol. The van der Waals surface area contributed by atoms with Gasteiger partial charge in [-0.3, -0.25) is 0 Å². The van der Waals surface area contributed by atoms with E-state index in [0.29, 0.717) is 17.5 Å². The SMILES string of the molecule is c1ccc(-c2nc(-c3ccc(-c4cc5c(-c6ccccc6)cccc5c5oc6ccccc6c45)cc3)nc(-c3ccc4ccccc4c3)n2)cc1. The normalized spacial score (nSPS) is 11.5. The molecule has 4 nitrogen and oxygen atoms in total. The van der Waals surface area contributed by atoms with Crippen LogP contribution >= 0.6 is 0 Å². The average Bonchev–Trinajstić information content (AvgIpc) is 3.61. The van der Waals surface area contributed by atoms with Gasteiger partial charge < -0.3 is 4.42 Å². The van der Waals surface area contributed by atoms with Gasteiger partial charge in [0.25, 0.3) is 0 Å². The molecule has 10 aromatic rings. The molecule has 0 saturated carbocycles. The number of nitrogens with zero attached hydrogens (tertiary/aromatic N) is 3. The van der Waals surface area contributed by atoms with E-state index in [1.54, 1.807) is 0 Å². The zero-order valence-electron chi connectivity index (χ0n) is 27.5. The minimum Gasteiger partial charge on any atom is -0.455 e. The number of aromatic nitrogens is 3. The van der Waals surface area contributed by atoms with Crippen LogP contribution in [0.15, 0.2) is 180 Å². The van der Waals surface area contributed by atoms with E-state index < -0.39 is 0 Å². The fourth-order valence-electron chi connectivity index (χ4n) is 7.21. The number of hydrogen-bond donors (Lipinski definition) is 0. The molecule has 0 aliphatic heterocycles. The third kappa shape index (κ3) is 5.04.